The van der Waals surface area contributed by atoms with Gasteiger partial charge in [-0.2, -0.15) is 0 Å². The highest BCUT2D eigenvalue weighted by molar-refractivity contribution is 6.30. The van der Waals surface area contributed by atoms with Crippen molar-refractivity contribution in [3.63, 3.8) is 0 Å². The Morgan fingerprint density at radius 1 is 1.24 bits per heavy atom. The molecule has 1 aliphatic carbocycles. The summed E-state index contributed by atoms with van der Waals surface area (Å²) in [6, 6.07) is 7.35. The first kappa shape index (κ1) is 18.1. The Labute approximate surface area is 153 Å². The normalized spacial score (nSPS) is 24.9. The molecule has 1 aliphatic heterocycles. The highest BCUT2D eigenvalue weighted by Crippen LogP contribution is 2.51. The molecule has 2 aliphatic rings. The fraction of sp³-hybridized carbons (Fsp3) is 0.579. The third kappa shape index (κ3) is 3.34. The molecule has 2 fully saturated rings. The summed E-state index contributed by atoms with van der Waals surface area (Å²) in [5.74, 6) is 0.116. The number of carbonyl (C=O) groups excluding carboxylic acids is 2. The summed E-state index contributed by atoms with van der Waals surface area (Å²) >= 11 is 5.98. The molecule has 1 aromatic rings. The lowest BCUT2D eigenvalue weighted by Gasteiger charge is -2.39. The molecule has 0 aromatic heterocycles. The fourth-order valence-electron chi connectivity index (χ4n) is 4.08. The summed E-state index contributed by atoms with van der Waals surface area (Å²) in [5, 5.41) is 0.663. The standard InChI is InChI=1S/C19H25ClN2O3/c1-18(2,3)15-14(25-17(21)24)8-11-22(15)16(23)19(9-10-19)12-4-6-13(20)7-5-12/h4-7,14-15H,8-11H2,1-3H3,(H2,21,24)/t14-,15?/m0/s1. The predicted octanol–water partition coefficient (Wildman–Crippen LogP) is 3.48. The Bertz CT molecular complexity index is 677. The highest BCUT2D eigenvalue weighted by atomic mass is 35.5. The minimum Gasteiger partial charge on any atom is -0.444 e. The quantitative estimate of drug-likeness (QED) is 0.892. The maximum atomic E-state index is 13.4. The van der Waals surface area contributed by atoms with Gasteiger partial charge in [-0.05, 0) is 36.0 Å². The van der Waals surface area contributed by atoms with E-state index in [4.69, 9.17) is 22.1 Å². The van der Waals surface area contributed by atoms with Crippen LogP contribution in [0.2, 0.25) is 5.02 Å². The number of hydrogen-bond acceptors (Lipinski definition) is 3. The number of ether oxygens (including phenoxy) is 1. The Morgan fingerprint density at radius 3 is 2.32 bits per heavy atom. The van der Waals surface area contributed by atoms with E-state index >= 15 is 0 Å². The van der Waals surface area contributed by atoms with Crippen LogP contribution in [0.1, 0.15) is 45.6 Å². The van der Waals surface area contributed by atoms with Gasteiger partial charge in [-0.3, -0.25) is 4.79 Å². The number of halogens is 1. The maximum Gasteiger partial charge on any atom is 0.404 e. The smallest absolute Gasteiger partial charge is 0.404 e. The molecule has 2 atom stereocenters. The molecule has 25 heavy (non-hydrogen) atoms. The third-order valence-corrected chi connectivity index (χ3v) is 5.57. The molecule has 5 nitrogen and oxygen atoms in total. The third-order valence-electron chi connectivity index (χ3n) is 5.31. The first-order chi connectivity index (χ1) is 11.6. The molecule has 3 rings (SSSR count). The van der Waals surface area contributed by atoms with Crippen molar-refractivity contribution in [3.05, 3.63) is 34.9 Å². The summed E-state index contributed by atoms with van der Waals surface area (Å²) in [6.07, 6.45) is 1.15. The zero-order valence-electron chi connectivity index (χ0n) is 14.9. The van der Waals surface area contributed by atoms with E-state index < -0.39 is 11.5 Å². The van der Waals surface area contributed by atoms with Crippen molar-refractivity contribution in [3.8, 4) is 0 Å². The molecule has 0 spiro atoms. The van der Waals surface area contributed by atoms with Crippen molar-refractivity contribution < 1.29 is 14.3 Å². The van der Waals surface area contributed by atoms with Gasteiger partial charge in [0.2, 0.25) is 5.91 Å². The molecule has 1 heterocycles. The number of likely N-dealkylation sites (tertiary alicyclic amines) is 1. The number of nitrogens with two attached hydrogens (primary N) is 1. The van der Waals surface area contributed by atoms with Crippen LogP contribution in [0.5, 0.6) is 0 Å². The fourth-order valence-corrected chi connectivity index (χ4v) is 4.21. The van der Waals surface area contributed by atoms with Crippen LogP contribution in [0.25, 0.3) is 0 Å². The van der Waals surface area contributed by atoms with Crippen LogP contribution in [-0.2, 0) is 14.9 Å². The van der Waals surface area contributed by atoms with Crippen LogP contribution in [0, 0.1) is 5.41 Å². The van der Waals surface area contributed by atoms with E-state index in [2.05, 4.69) is 20.8 Å². The second-order valence-electron chi connectivity index (χ2n) is 8.16. The molecule has 1 saturated heterocycles. The van der Waals surface area contributed by atoms with Gasteiger partial charge in [-0.15, -0.1) is 0 Å². The van der Waals surface area contributed by atoms with Gasteiger partial charge in [0.05, 0.1) is 11.5 Å². The average Bonchev–Trinajstić information content (AvgIpc) is 3.20. The zero-order valence-corrected chi connectivity index (χ0v) is 15.7. The first-order valence-electron chi connectivity index (χ1n) is 8.68. The zero-order chi connectivity index (χ0) is 18.4. The molecule has 1 unspecified atom stereocenters. The topological polar surface area (TPSA) is 72.6 Å². The lowest BCUT2D eigenvalue weighted by atomic mass is 9.82. The van der Waals surface area contributed by atoms with Crippen molar-refractivity contribution in [1.29, 1.82) is 0 Å². The van der Waals surface area contributed by atoms with Gasteiger partial charge in [0.1, 0.15) is 6.10 Å². The number of carbonyl (C=O) groups is 2. The second-order valence-corrected chi connectivity index (χ2v) is 8.60. The molecule has 1 saturated carbocycles. The van der Waals surface area contributed by atoms with E-state index in [1.165, 1.54) is 0 Å². The first-order valence-corrected chi connectivity index (χ1v) is 9.06. The van der Waals surface area contributed by atoms with E-state index in [-0.39, 0.29) is 23.5 Å². The van der Waals surface area contributed by atoms with E-state index in [9.17, 15) is 9.59 Å². The lowest BCUT2D eigenvalue weighted by molar-refractivity contribution is -0.138. The van der Waals surface area contributed by atoms with Crippen LogP contribution in [0.3, 0.4) is 0 Å². The number of benzene rings is 1. The van der Waals surface area contributed by atoms with E-state index in [1.54, 1.807) is 0 Å². The van der Waals surface area contributed by atoms with Crippen molar-refractivity contribution >= 4 is 23.6 Å². The van der Waals surface area contributed by atoms with Gasteiger partial charge in [-0.25, -0.2) is 4.79 Å². The molecule has 2 amide bonds. The molecular weight excluding hydrogens is 340 g/mol. The molecule has 1 aromatic carbocycles. The van der Waals surface area contributed by atoms with Gasteiger partial charge in [0.25, 0.3) is 0 Å². The monoisotopic (exact) mass is 364 g/mol. The summed E-state index contributed by atoms with van der Waals surface area (Å²) in [5.41, 5.74) is 5.55. The predicted molar refractivity (Wildman–Crippen MR) is 96.4 cm³/mol. The van der Waals surface area contributed by atoms with Gasteiger partial charge in [-0.1, -0.05) is 44.5 Å². The summed E-state index contributed by atoms with van der Waals surface area (Å²) < 4.78 is 5.31. The summed E-state index contributed by atoms with van der Waals surface area (Å²) in [6.45, 7) is 6.75. The van der Waals surface area contributed by atoms with Crippen LogP contribution in [-0.4, -0.2) is 35.6 Å². The number of hydrogen-bond donors (Lipinski definition) is 1. The number of rotatable bonds is 3. The van der Waals surface area contributed by atoms with Crippen molar-refractivity contribution in [1.82, 2.24) is 4.90 Å². The van der Waals surface area contributed by atoms with E-state index in [1.807, 2.05) is 29.2 Å². The molecule has 2 N–H and O–H groups in total. The van der Waals surface area contributed by atoms with Gasteiger partial charge in [0, 0.05) is 18.0 Å². The minimum absolute atomic E-state index is 0.116. The van der Waals surface area contributed by atoms with E-state index in [0.29, 0.717) is 18.0 Å². The van der Waals surface area contributed by atoms with Crippen molar-refractivity contribution in [2.45, 2.75) is 57.6 Å². The molecule has 0 bridgehead atoms. The molecule has 6 heteroatoms. The van der Waals surface area contributed by atoms with Crippen LogP contribution < -0.4 is 5.73 Å². The Kier molecular flexibility index (Phi) is 4.48. The lowest BCUT2D eigenvalue weighted by Crippen LogP contribution is -2.51. The molecular formula is C19H25ClN2O3. The highest BCUT2D eigenvalue weighted by Gasteiger charge is 2.57. The van der Waals surface area contributed by atoms with Gasteiger partial charge >= 0.3 is 6.09 Å². The van der Waals surface area contributed by atoms with Crippen LogP contribution in [0.15, 0.2) is 24.3 Å². The van der Waals surface area contributed by atoms with Crippen molar-refractivity contribution in [2.24, 2.45) is 11.1 Å². The minimum atomic E-state index is -0.785. The van der Waals surface area contributed by atoms with Crippen LogP contribution >= 0.6 is 11.6 Å². The SMILES string of the molecule is CC(C)(C)C1[C@@H](OC(N)=O)CCN1C(=O)C1(c2ccc(Cl)cc2)CC1. The number of primary amides is 1. The Balaban J connectivity index is 1.88. The largest absolute Gasteiger partial charge is 0.444 e. The molecule has 0 radical (unpaired) electrons. The van der Waals surface area contributed by atoms with Gasteiger partial charge in [0.15, 0.2) is 0 Å². The second kappa shape index (κ2) is 6.20. The average molecular weight is 365 g/mol. The Morgan fingerprint density at radius 2 is 1.84 bits per heavy atom. The van der Waals surface area contributed by atoms with Gasteiger partial charge < -0.3 is 15.4 Å². The summed E-state index contributed by atoms with van der Waals surface area (Å²) in [4.78, 5) is 26.6. The number of nitrogens with zero attached hydrogens (tertiary/aromatic N) is 1. The van der Waals surface area contributed by atoms with Crippen LogP contribution in [0.4, 0.5) is 4.79 Å². The number of amides is 2. The van der Waals surface area contributed by atoms with Crippen molar-refractivity contribution in [2.75, 3.05) is 6.54 Å². The molecule has 136 valence electrons. The summed E-state index contributed by atoms with van der Waals surface area (Å²) in [7, 11) is 0. The maximum absolute atomic E-state index is 13.4. The van der Waals surface area contributed by atoms with E-state index in [0.717, 1.165) is 18.4 Å². The Hall–Kier alpha value is -1.75.